The predicted octanol–water partition coefficient (Wildman–Crippen LogP) is 3.07. The Morgan fingerprint density at radius 1 is 1.30 bits per heavy atom. The zero-order valence-corrected chi connectivity index (χ0v) is 14.7. The van der Waals surface area contributed by atoms with Crippen molar-refractivity contribution < 1.29 is 14.6 Å². The largest absolute Gasteiger partial charge is 0.497 e. The van der Waals surface area contributed by atoms with Crippen LogP contribution in [0.4, 0.5) is 0 Å². The lowest BCUT2D eigenvalue weighted by molar-refractivity contribution is 0.0695. The molecule has 0 atom stereocenters. The summed E-state index contributed by atoms with van der Waals surface area (Å²) >= 11 is 0. The number of carboxylic acids is 1. The van der Waals surface area contributed by atoms with Crippen LogP contribution >= 0.6 is 0 Å². The second kappa shape index (κ2) is 7.70. The average molecular weight is 363 g/mol. The lowest BCUT2D eigenvalue weighted by Gasteiger charge is -2.15. The SMILES string of the molecule is COc1ccc(-c2c(C(=O)O)c(=O)n(CCCC#N)c3ncccc23)cc1. The van der Waals surface area contributed by atoms with E-state index in [0.29, 0.717) is 34.3 Å². The monoisotopic (exact) mass is 363 g/mol. The summed E-state index contributed by atoms with van der Waals surface area (Å²) in [5.41, 5.74) is 0.383. The first-order chi connectivity index (χ1) is 13.1. The predicted molar refractivity (Wildman–Crippen MR) is 99.8 cm³/mol. The van der Waals surface area contributed by atoms with Gasteiger partial charge in [-0.15, -0.1) is 0 Å². The highest BCUT2D eigenvalue weighted by atomic mass is 16.5. The Bertz CT molecular complexity index is 1100. The number of hydrogen-bond acceptors (Lipinski definition) is 5. The Hall–Kier alpha value is -3.66. The highest BCUT2D eigenvalue weighted by molar-refractivity contribution is 6.05. The molecule has 0 unspecified atom stereocenters. The zero-order chi connectivity index (χ0) is 19.4. The third kappa shape index (κ3) is 3.37. The third-order valence-electron chi connectivity index (χ3n) is 4.28. The highest BCUT2D eigenvalue weighted by Crippen LogP contribution is 2.31. The van der Waals surface area contributed by atoms with Gasteiger partial charge in [0, 0.05) is 30.1 Å². The van der Waals surface area contributed by atoms with E-state index in [9.17, 15) is 14.7 Å². The lowest BCUT2D eigenvalue weighted by Crippen LogP contribution is -2.28. The van der Waals surface area contributed by atoms with E-state index in [1.54, 1.807) is 49.7 Å². The molecule has 2 aromatic heterocycles. The fourth-order valence-corrected chi connectivity index (χ4v) is 3.06. The molecular weight excluding hydrogens is 346 g/mol. The molecule has 0 amide bonds. The Balaban J connectivity index is 2.34. The first-order valence-electron chi connectivity index (χ1n) is 8.34. The van der Waals surface area contributed by atoms with Crippen molar-refractivity contribution in [3.8, 4) is 22.9 Å². The molecule has 2 heterocycles. The zero-order valence-electron chi connectivity index (χ0n) is 14.7. The van der Waals surface area contributed by atoms with Crippen molar-refractivity contribution in [2.45, 2.75) is 19.4 Å². The molecule has 27 heavy (non-hydrogen) atoms. The van der Waals surface area contributed by atoms with E-state index >= 15 is 0 Å². The number of hydrogen-bond donors (Lipinski definition) is 1. The van der Waals surface area contributed by atoms with Gasteiger partial charge in [0.2, 0.25) is 0 Å². The van der Waals surface area contributed by atoms with Crippen LogP contribution in [0.1, 0.15) is 23.2 Å². The Labute approximate surface area is 155 Å². The van der Waals surface area contributed by atoms with Gasteiger partial charge in [-0.1, -0.05) is 12.1 Å². The Morgan fingerprint density at radius 2 is 2.04 bits per heavy atom. The van der Waals surface area contributed by atoms with E-state index in [4.69, 9.17) is 10.00 Å². The lowest BCUT2D eigenvalue weighted by atomic mass is 9.97. The molecule has 0 aliphatic heterocycles. The van der Waals surface area contributed by atoms with Crippen LogP contribution in [0.15, 0.2) is 47.4 Å². The topological polar surface area (TPSA) is 105 Å². The number of carbonyl (C=O) groups is 1. The molecule has 136 valence electrons. The van der Waals surface area contributed by atoms with E-state index in [0.717, 1.165) is 0 Å². The van der Waals surface area contributed by atoms with Crippen molar-refractivity contribution in [3.63, 3.8) is 0 Å². The van der Waals surface area contributed by atoms with Crippen LogP contribution in [0.25, 0.3) is 22.2 Å². The van der Waals surface area contributed by atoms with E-state index in [-0.39, 0.29) is 18.5 Å². The summed E-state index contributed by atoms with van der Waals surface area (Å²) in [5, 5.41) is 19.1. The molecule has 1 aromatic carbocycles. The number of fused-ring (bicyclic) bond motifs is 1. The second-order valence-electron chi connectivity index (χ2n) is 5.88. The summed E-state index contributed by atoms with van der Waals surface area (Å²) in [6, 6.07) is 12.3. The molecule has 0 spiro atoms. The molecule has 1 N–H and O–H groups in total. The Kier molecular flexibility index (Phi) is 5.18. The number of aryl methyl sites for hydroxylation is 1. The van der Waals surface area contributed by atoms with Crippen LogP contribution in [-0.2, 0) is 6.54 Å². The minimum Gasteiger partial charge on any atom is -0.497 e. The quantitative estimate of drug-likeness (QED) is 0.675. The van der Waals surface area contributed by atoms with Crippen LogP contribution in [0, 0.1) is 11.3 Å². The molecule has 3 aromatic rings. The first kappa shape index (κ1) is 18.1. The van der Waals surface area contributed by atoms with Gasteiger partial charge in [-0.3, -0.25) is 9.36 Å². The van der Waals surface area contributed by atoms with Crippen molar-refractivity contribution in [1.82, 2.24) is 9.55 Å². The molecule has 0 fully saturated rings. The van der Waals surface area contributed by atoms with Gasteiger partial charge in [-0.2, -0.15) is 5.26 Å². The van der Waals surface area contributed by atoms with Gasteiger partial charge in [-0.25, -0.2) is 9.78 Å². The number of nitriles is 1. The van der Waals surface area contributed by atoms with Crippen LogP contribution in [-0.4, -0.2) is 27.7 Å². The van der Waals surface area contributed by atoms with Gasteiger partial charge in [0.1, 0.15) is 17.0 Å². The standard InChI is InChI=1S/C20H17N3O4/c1-27-14-8-6-13(7-9-14)16-15-5-4-11-22-18(15)23(12-3-2-10-21)19(24)17(16)20(25)26/h4-9,11H,2-3,12H2,1H3,(H,25,26). The summed E-state index contributed by atoms with van der Waals surface area (Å²) in [6.07, 6.45) is 2.26. The van der Waals surface area contributed by atoms with Gasteiger partial charge in [0.15, 0.2) is 0 Å². The fraction of sp³-hybridized carbons (Fsp3) is 0.200. The van der Waals surface area contributed by atoms with Crippen LogP contribution in [0.3, 0.4) is 0 Å². The molecule has 3 rings (SSSR count). The maximum absolute atomic E-state index is 13.0. The molecule has 0 radical (unpaired) electrons. The summed E-state index contributed by atoms with van der Waals surface area (Å²) in [4.78, 5) is 29.2. The normalized spacial score (nSPS) is 10.5. The number of aromatic nitrogens is 2. The van der Waals surface area contributed by atoms with Gasteiger partial charge in [0.05, 0.1) is 13.2 Å². The van der Waals surface area contributed by atoms with E-state index in [2.05, 4.69) is 4.98 Å². The van der Waals surface area contributed by atoms with E-state index in [1.165, 1.54) is 4.57 Å². The summed E-state index contributed by atoms with van der Waals surface area (Å²) < 4.78 is 6.48. The molecule has 0 aliphatic rings. The van der Waals surface area contributed by atoms with Crippen molar-refractivity contribution in [1.29, 1.82) is 5.26 Å². The van der Waals surface area contributed by atoms with Gasteiger partial charge >= 0.3 is 5.97 Å². The number of rotatable bonds is 6. The molecule has 7 heteroatoms. The summed E-state index contributed by atoms with van der Waals surface area (Å²) in [7, 11) is 1.54. The van der Waals surface area contributed by atoms with Crippen molar-refractivity contribution in [2.24, 2.45) is 0 Å². The van der Waals surface area contributed by atoms with E-state index < -0.39 is 11.5 Å². The summed E-state index contributed by atoms with van der Waals surface area (Å²) in [5.74, 6) is -0.673. The fourth-order valence-electron chi connectivity index (χ4n) is 3.06. The van der Waals surface area contributed by atoms with Gasteiger partial charge in [0.25, 0.3) is 5.56 Å². The number of ether oxygens (including phenoxy) is 1. The average Bonchev–Trinajstić information content (AvgIpc) is 2.69. The smallest absolute Gasteiger partial charge is 0.342 e. The van der Waals surface area contributed by atoms with Crippen molar-refractivity contribution in [2.75, 3.05) is 7.11 Å². The van der Waals surface area contributed by atoms with Gasteiger partial charge < -0.3 is 9.84 Å². The van der Waals surface area contributed by atoms with Gasteiger partial charge in [-0.05, 0) is 36.2 Å². The van der Waals surface area contributed by atoms with Crippen LogP contribution in [0.2, 0.25) is 0 Å². The number of aromatic carboxylic acids is 1. The maximum atomic E-state index is 13.0. The number of benzene rings is 1. The third-order valence-corrected chi connectivity index (χ3v) is 4.28. The van der Waals surface area contributed by atoms with E-state index in [1.807, 2.05) is 6.07 Å². The maximum Gasteiger partial charge on any atom is 0.342 e. The molecule has 0 aliphatic carbocycles. The number of carboxylic acid groups (broad SMARTS) is 1. The number of pyridine rings is 2. The summed E-state index contributed by atoms with van der Waals surface area (Å²) in [6.45, 7) is 0.225. The first-order valence-corrected chi connectivity index (χ1v) is 8.34. The van der Waals surface area contributed by atoms with Crippen molar-refractivity contribution >= 4 is 17.0 Å². The molecule has 7 nitrogen and oxygen atoms in total. The number of nitrogens with zero attached hydrogens (tertiary/aromatic N) is 3. The minimum absolute atomic E-state index is 0.225. The molecule has 0 saturated heterocycles. The highest BCUT2D eigenvalue weighted by Gasteiger charge is 2.23. The number of unbranched alkanes of at least 4 members (excludes halogenated alkanes) is 1. The number of methoxy groups -OCH3 is 1. The van der Waals surface area contributed by atoms with Crippen LogP contribution in [0.5, 0.6) is 5.75 Å². The minimum atomic E-state index is -1.30. The van der Waals surface area contributed by atoms with Crippen molar-refractivity contribution in [3.05, 3.63) is 58.5 Å². The molecule has 0 saturated carbocycles. The van der Waals surface area contributed by atoms with Crippen LogP contribution < -0.4 is 10.3 Å². The molecule has 0 bridgehead atoms. The molecular formula is C20H17N3O4. The second-order valence-corrected chi connectivity index (χ2v) is 5.88. The Morgan fingerprint density at radius 3 is 2.67 bits per heavy atom.